The van der Waals surface area contributed by atoms with Gasteiger partial charge in [0.15, 0.2) is 0 Å². The van der Waals surface area contributed by atoms with Gasteiger partial charge in [0.25, 0.3) is 6.43 Å². The summed E-state index contributed by atoms with van der Waals surface area (Å²) in [6.45, 7) is 0. The minimum Gasteiger partial charge on any atom is -0.206 e. The van der Waals surface area contributed by atoms with E-state index in [1.165, 1.54) is 0 Å². The molecule has 0 aliphatic heterocycles. The first-order chi connectivity index (χ1) is 6.75. The van der Waals surface area contributed by atoms with E-state index in [1.54, 1.807) is 0 Å². The van der Waals surface area contributed by atoms with Crippen molar-refractivity contribution < 1.29 is 26.3 Å². The molecule has 0 spiro atoms. The summed E-state index contributed by atoms with van der Waals surface area (Å²) < 4.78 is 73.0. The van der Waals surface area contributed by atoms with Crippen LogP contribution in [0.2, 0.25) is 0 Å². The van der Waals surface area contributed by atoms with Crippen LogP contribution in [0.1, 0.15) is 17.6 Å². The van der Waals surface area contributed by atoms with Gasteiger partial charge in [-0.1, -0.05) is 0 Å². The molecule has 0 aromatic heterocycles. The number of hydrogen-bond donors (Lipinski definition) is 0. The average Bonchev–Trinajstić information content (AvgIpc) is 2.00. The van der Waals surface area contributed by atoms with E-state index in [0.29, 0.717) is 12.1 Å². The van der Waals surface area contributed by atoms with Crippen LogP contribution in [0.4, 0.5) is 26.3 Å². The summed E-state index contributed by atoms with van der Waals surface area (Å²) in [5, 5.41) is 0. The van der Waals surface area contributed by atoms with Gasteiger partial charge in [-0.15, -0.1) is 0 Å². The van der Waals surface area contributed by atoms with E-state index < -0.39 is 34.0 Å². The zero-order valence-corrected chi connectivity index (χ0v) is 8.46. The molecule has 0 unspecified atom stereocenters. The molecule has 84 valence electrons. The molecule has 0 aliphatic rings. The number of alkyl halides is 5. The van der Waals surface area contributed by atoms with Gasteiger partial charge < -0.3 is 0 Å². The molecule has 0 atom stereocenters. The average molecular weight is 293 g/mol. The predicted molar refractivity (Wildman–Crippen MR) is 44.1 cm³/mol. The molecule has 0 saturated carbocycles. The number of hydrogen-bond acceptors (Lipinski definition) is 0. The second-order valence-electron chi connectivity index (χ2n) is 2.62. The van der Waals surface area contributed by atoms with Crippen molar-refractivity contribution in [2.75, 3.05) is 0 Å². The predicted octanol–water partition coefficient (Wildman–Crippen LogP) is 4.54. The van der Waals surface area contributed by atoms with Crippen LogP contribution in [-0.2, 0) is 6.18 Å². The third-order valence-corrected chi connectivity index (χ3v) is 2.50. The summed E-state index contributed by atoms with van der Waals surface area (Å²) in [5.74, 6) is -1.37. The maximum absolute atomic E-state index is 12.8. The molecule has 0 nitrogen and oxygen atoms in total. The van der Waals surface area contributed by atoms with Crippen molar-refractivity contribution >= 4 is 15.9 Å². The molecule has 1 aromatic carbocycles. The van der Waals surface area contributed by atoms with Crippen molar-refractivity contribution in [1.82, 2.24) is 0 Å². The molecule has 0 saturated heterocycles. The standard InChI is InChI=1S/C8H3BrF6/c9-6-3(8(13,14)15)1-2-4(10)5(6)7(11)12/h1-2,7H. The van der Waals surface area contributed by atoms with Crippen LogP contribution in [0.5, 0.6) is 0 Å². The van der Waals surface area contributed by atoms with Crippen molar-refractivity contribution in [3.8, 4) is 0 Å². The molecule has 0 N–H and O–H groups in total. The molecule has 0 bridgehead atoms. The zero-order chi connectivity index (χ0) is 11.8. The highest BCUT2D eigenvalue weighted by atomic mass is 79.9. The van der Waals surface area contributed by atoms with Crippen LogP contribution in [0.3, 0.4) is 0 Å². The third-order valence-electron chi connectivity index (χ3n) is 1.65. The molecular formula is C8H3BrF6. The number of halogens is 7. The second kappa shape index (κ2) is 4.03. The summed E-state index contributed by atoms with van der Waals surface area (Å²) in [6, 6.07) is 0.778. The van der Waals surface area contributed by atoms with Crippen molar-refractivity contribution in [3.05, 3.63) is 33.5 Å². The van der Waals surface area contributed by atoms with Crippen LogP contribution >= 0.6 is 15.9 Å². The van der Waals surface area contributed by atoms with Gasteiger partial charge in [-0.25, -0.2) is 13.2 Å². The van der Waals surface area contributed by atoms with Gasteiger partial charge in [-0.2, -0.15) is 13.2 Å². The molecule has 0 aliphatic carbocycles. The first kappa shape index (κ1) is 12.4. The summed E-state index contributed by atoms with van der Waals surface area (Å²) in [6.07, 6.45) is -8.10. The molecule has 1 rings (SSSR count). The zero-order valence-electron chi connectivity index (χ0n) is 6.88. The lowest BCUT2D eigenvalue weighted by Crippen LogP contribution is -2.08. The van der Waals surface area contributed by atoms with E-state index >= 15 is 0 Å². The number of benzene rings is 1. The summed E-state index contributed by atoms with van der Waals surface area (Å²) in [7, 11) is 0. The molecule has 15 heavy (non-hydrogen) atoms. The number of rotatable bonds is 1. The monoisotopic (exact) mass is 292 g/mol. The van der Waals surface area contributed by atoms with E-state index in [1.807, 2.05) is 0 Å². The van der Waals surface area contributed by atoms with Crippen molar-refractivity contribution in [2.45, 2.75) is 12.6 Å². The maximum atomic E-state index is 12.8. The minimum absolute atomic E-state index is 0.370. The van der Waals surface area contributed by atoms with Gasteiger partial charge in [-0.05, 0) is 28.1 Å². The molecular weight excluding hydrogens is 290 g/mol. The first-order valence-electron chi connectivity index (χ1n) is 3.58. The summed E-state index contributed by atoms with van der Waals surface area (Å²) in [5.41, 5.74) is -2.59. The second-order valence-corrected chi connectivity index (χ2v) is 3.41. The van der Waals surface area contributed by atoms with Gasteiger partial charge in [0.1, 0.15) is 5.82 Å². The van der Waals surface area contributed by atoms with E-state index in [9.17, 15) is 26.3 Å². The molecule has 7 heteroatoms. The summed E-state index contributed by atoms with van der Waals surface area (Å²) >= 11 is 2.33. The van der Waals surface area contributed by atoms with Crippen molar-refractivity contribution in [1.29, 1.82) is 0 Å². The van der Waals surface area contributed by atoms with E-state index in [4.69, 9.17) is 0 Å². The fourth-order valence-electron chi connectivity index (χ4n) is 0.988. The van der Waals surface area contributed by atoms with Crippen LogP contribution in [0.15, 0.2) is 16.6 Å². The highest BCUT2D eigenvalue weighted by Crippen LogP contribution is 2.40. The van der Waals surface area contributed by atoms with Crippen LogP contribution < -0.4 is 0 Å². The maximum Gasteiger partial charge on any atom is 0.417 e. The van der Waals surface area contributed by atoms with E-state index in [0.717, 1.165) is 0 Å². The highest BCUT2D eigenvalue weighted by Gasteiger charge is 2.35. The van der Waals surface area contributed by atoms with Gasteiger partial charge in [-0.3, -0.25) is 0 Å². The Morgan fingerprint density at radius 3 is 2.07 bits per heavy atom. The van der Waals surface area contributed by atoms with Gasteiger partial charge >= 0.3 is 6.18 Å². The molecule has 1 aromatic rings. The van der Waals surface area contributed by atoms with Crippen molar-refractivity contribution in [3.63, 3.8) is 0 Å². The Balaban J connectivity index is 3.42. The Morgan fingerprint density at radius 2 is 1.67 bits per heavy atom. The molecule has 0 amide bonds. The third kappa shape index (κ3) is 2.45. The Morgan fingerprint density at radius 1 is 1.13 bits per heavy atom. The van der Waals surface area contributed by atoms with E-state index in [-0.39, 0.29) is 0 Å². The fraction of sp³-hybridized carbons (Fsp3) is 0.250. The van der Waals surface area contributed by atoms with Gasteiger partial charge in [0.05, 0.1) is 11.1 Å². The molecule has 0 heterocycles. The molecule has 0 fully saturated rings. The largest absolute Gasteiger partial charge is 0.417 e. The topological polar surface area (TPSA) is 0 Å². The highest BCUT2D eigenvalue weighted by molar-refractivity contribution is 9.10. The van der Waals surface area contributed by atoms with Crippen LogP contribution in [0.25, 0.3) is 0 Å². The van der Waals surface area contributed by atoms with E-state index in [2.05, 4.69) is 15.9 Å². The Hall–Kier alpha value is -0.720. The smallest absolute Gasteiger partial charge is 0.206 e. The van der Waals surface area contributed by atoms with Gasteiger partial charge in [0.2, 0.25) is 0 Å². The first-order valence-corrected chi connectivity index (χ1v) is 4.37. The molecule has 0 radical (unpaired) electrons. The normalized spacial score (nSPS) is 12.3. The van der Waals surface area contributed by atoms with Crippen LogP contribution in [0, 0.1) is 5.82 Å². The fourth-order valence-corrected chi connectivity index (χ4v) is 1.71. The lowest BCUT2D eigenvalue weighted by Gasteiger charge is -2.12. The minimum atomic E-state index is -4.80. The van der Waals surface area contributed by atoms with Gasteiger partial charge in [0, 0.05) is 4.47 Å². The lowest BCUT2D eigenvalue weighted by atomic mass is 10.1. The summed E-state index contributed by atoms with van der Waals surface area (Å²) in [4.78, 5) is 0. The van der Waals surface area contributed by atoms with Crippen molar-refractivity contribution in [2.24, 2.45) is 0 Å². The SMILES string of the molecule is Fc1ccc(C(F)(F)F)c(Br)c1C(F)F. The van der Waals surface area contributed by atoms with Crippen LogP contribution in [-0.4, -0.2) is 0 Å². The quantitative estimate of drug-likeness (QED) is 0.667. The Kier molecular flexibility index (Phi) is 3.32. The Bertz CT molecular complexity index is 370. The lowest BCUT2D eigenvalue weighted by molar-refractivity contribution is -0.138. The Labute approximate surface area is 89.0 Å².